The van der Waals surface area contributed by atoms with Crippen molar-refractivity contribution in [3.8, 4) is 0 Å². The van der Waals surface area contributed by atoms with Crippen molar-refractivity contribution in [1.82, 2.24) is 9.97 Å². The van der Waals surface area contributed by atoms with E-state index in [0.29, 0.717) is 22.4 Å². The summed E-state index contributed by atoms with van der Waals surface area (Å²) < 4.78 is 0. The highest BCUT2D eigenvalue weighted by Crippen LogP contribution is 2.23. The summed E-state index contributed by atoms with van der Waals surface area (Å²) in [5, 5.41) is 24.3. The fraction of sp³-hybridized carbons (Fsp3) is 0.0588. The highest BCUT2D eigenvalue weighted by molar-refractivity contribution is 5.92. The van der Waals surface area contributed by atoms with Gasteiger partial charge in [-0.15, -0.1) is 0 Å². The van der Waals surface area contributed by atoms with Gasteiger partial charge in [-0.1, -0.05) is 18.2 Å². The Bertz CT molecular complexity index is 958. The molecule has 0 spiro atoms. The van der Waals surface area contributed by atoms with Crippen LogP contribution in [0.1, 0.15) is 10.4 Å². The molecule has 0 saturated carbocycles. The molecule has 4 N–H and O–H groups in total. The second-order valence-electron chi connectivity index (χ2n) is 5.17. The number of rotatable bonds is 6. The van der Waals surface area contributed by atoms with Gasteiger partial charge in [0.1, 0.15) is 12.4 Å². The van der Waals surface area contributed by atoms with Crippen LogP contribution >= 0.6 is 0 Å². The Morgan fingerprint density at radius 1 is 1.00 bits per heavy atom. The fourth-order valence-electron chi connectivity index (χ4n) is 2.29. The van der Waals surface area contributed by atoms with E-state index in [1.807, 2.05) is 6.07 Å². The molecular weight excluding hydrogens is 324 g/mol. The summed E-state index contributed by atoms with van der Waals surface area (Å²) in [7, 11) is 0. The van der Waals surface area contributed by atoms with Crippen molar-refractivity contribution < 1.29 is 19.8 Å². The second-order valence-corrected chi connectivity index (χ2v) is 5.17. The second kappa shape index (κ2) is 6.83. The molecule has 0 radical (unpaired) electrons. The molecule has 1 aromatic heterocycles. The Balaban J connectivity index is 1.97. The highest BCUT2D eigenvalue weighted by Gasteiger charge is 2.10. The molecule has 0 amide bonds. The van der Waals surface area contributed by atoms with Crippen LogP contribution in [0.4, 0.5) is 17.5 Å². The number of anilines is 3. The van der Waals surface area contributed by atoms with E-state index in [4.69, 9.17) is 10.2 Å². The Morgan fingerprint density at radius 2 is 1.80 bits per heavy atom. The third-order valence-corrected chi connectivity index (χ3v) is 3.38. The Hall–Kier alpha value is -3.68. The van der Waals surface area contributed by atoms with Gasteiger partial charge in [0.2, 0.25) is 5.95 Å². The number of nitrogens with one attached hydrogen (secondary N) is 2. The summed E-state index contributed by atoms with van der Waals surface area (Å²) in [6, 6.07) is 13.4. The number of benzene rings is 2. The van der Waals surface area contributed by atoms with E-state index in [1.54, 1.807) is 30.3 Å². The van der Waals surface area contributed by atoms with Crippen LogP contribution in [0.15, 0.2) is 48.5 Å². The van der Waals surface area contributed by atoms with E-state index < -0.39 is 11.9 Å². The number of aromatic nitrogens is 2. The number of hydrogen-bond donors (Lipinski definition) is 4. The third-order valence-electron chi connectivity index (χ3n) is 3.38. The molecule has 0 atom stereocenters. The van der Waals surface area contributed by atoms with Crippen molar-refractivity contribution >= 4 is 40.3 Å². The van der Waals surface area contributed by atoms with E-state index in [1.165, 1.54) is 12.1 Å². The molecular formula is C17H14N4O4. The van der Waals surface area contributed by atoms with Crippen molar-refractivity contribution in [3.63, 3.8) is 0 Å². The summed E-state index contributed by atoms with van der Waals surface area (Å²) in [6.45, 7) is -0.283. The molecule has 8 nitrogen and oxygen atoms in total. The minimum atomic E-state index is -1.04. The third kappa shape index (κ3) is 3.81. The molecule has 0 aliphatic heterocycles. The molecule has 126 valence electrons. The maximum Gasteiger partial charge on any atom is 0.335 e. The normalized spacial score (nSPS) is 10.4. The van der Waals surface area contributed by atoms with Gasteiger partial charge >= 0.3 is 11.9 Å². The summed E-state index contributed by atoms with van der Waals surface area (Å²) in [5.41, 5.74) is 1.27. The van der Waals surface area contributed by atoms with Crippen LogP contribution in [-0.4, -0.2) is 38.7 Å². The Morgan fingerprint density at radius 3 is 2.56 bits per heavy atom. The van der Waals surface area contributed by atoms with Gasteiger partial charge in [0.15, 0.2) is 0 Å². The van der Waals surface area contributed by atoms with E-state index >= 15 is 0 Å². The number of carboxylic acid groups (broad SMARTS) is 2. The number of para-hydroxylation sites is 1. The van der Waals surface area contributed by atoms with E-state index in [-0.39, 0.29) is 18.1 Å². The number of carboxylic acids is 2. The zero-order chi connectivity index (χ0) is 17.8. The summed E-state index contributed by atoms with van der Waals surface area (Å²) in [6.07, 6.45) is 0. The zero-order valence-electron chi connectivity index (χ0n) is 12.9. The maximum absolute atomic E-state index is 11.1. The standard InChI is InChI=1S/C17H14N4O4/c22-14(23)9-18-15-12-6-1-2-7-13(12)20-17(21-15)19-11-5-3-4-10(8-11)16(24)25/h1-8H,9H2,(H,22,23)(H,24,25)(H2,18,19,20,21). The zero-order valence-corrected chi connectivity index (χ0v) is 12.9. The lowest BCUT2D eigenvalue weighted by Gasteiger charge is -2.11. The molecule has 1 heterocycles. The number of fused-ring (bicyclic) bond motifs is 1. The van der Waals surface area contributed by atoms with Gasteiger partial charge in [0.05, 0.1) is 11.1 Å². The first-order chi connectivity index (χ1) is 12.0. The Labute approximate surface area is 142 Å². The van der Waals surface area contributed by atoms with E-state index in [2.05, 4.69) is 20.6 Å². The predicted molar refractivity (Wildman–Crippen MR) is 92.3 cm³/mol. The Kier molecular flexibility index (Phi) is 4.42. The van der Waals surface area contributed by atoms with Crippen LogP contribution in [0.3, 0.4) is 0 Å². The summed E-state index contributed by atoms with van der Waals surface area (Å²) in [5.74, 6) is -1.43. The highest BCUT2D eigenvalue weighted by atomic mass is 16.4. The molecule has 0 aliphatic carbocycles. The summed E-state index contributed by atoms with van der Waals surface area (Å²) >= 11 is 0. The topological polar surface area (TPSA) is 124 Å². The SMILES string of the molecule is O=C(O)CNc1nc(Nc2cccc(C(=O)O)c2)nc2ccccc12. The quantitative estimate of drug-likeness (QED) is 0.540. The first-order valence-corrected chi connectivity index (χ1v) is 7.36. The lowest BCUT2D eigenvalue weighted by atomic mass is 10.2. The molecule has 3 aromatic rings. The largest absolute Gasteiger partial charge is 0.480 e. The molecule has 0 aliphatic rings. The van der Waals surface area contributed by atoms with Gasteiger partial charge in [0, 0.05) is 11.1 Å². The average molecular weight is 338 g/mol. The van der Waals surface area contributed by atoms with E-state index in [0.717, 1.165) is 0 Å². The molecule has 25 heavy (non-hydrogen) atoms. The van der Waals surface area contributed by atoms with Crippen LogP contribution in [-0.2, 0) is 4.79 Å². The fourth-order valence-corrected chi connectivity index (χ4v) is 2.29. The maximum atomic E-state index is 11.1. The van der Waals surface area contributed by atoms with Crippen LogP contribution in [0.5, 0.6) is 0 Å². The minimum Gasteiger partial charge on any atom is -0.480 e. The van der Waals surface area contributed by atoms with Gasteiger partial charge < -0.3 is 20.8 Å². The van der Waals surface area contributed by atoms with E-state index in [9.17, 15) is 9.59 Å². The lowest BCUT2D eigenvalue weighted by Crippen LogP contribution is -2.14. The molecule has 2 aromatic carbocycles. The lowest BCUT2D eigenvalue weighted by molar-refractivity contribution is -0.134. The molecule has 8 heteroatoms. The molecule has 0 fully saturated rings. The molecule has 0 unspecified atom stereocenters. The van der Waals surface area contributed by atoms with Gasteiger partial charge in [-0.05, 0) is 30.3 Å². The number of aliphatic carboxylic acids is 1. The molecule has 0 bridgehead atoms. The van der Waals surface area contributed by atoms with Crippen LogP contribution in [0.25, 0.3) is 10.9 Å². The number of carbonyl (C=O) groups is 2. The summed E-state index contributed by atoms with van der Waals surface area (Å²) in [4.78, 5) is 30.5. The first kappa shape index (κ1) is 16.2. The monoisotopic (exact) mass is 338 g/mol. The van der Waals surface area contributed by atoms with Crippen molar-refractivity contribution in [1.29, 1.82) is 0 Å². The van der Waals surface area contributed by atoms with Gasteiger partial charge in [-0.2, -0.15) is 4.98 Å². The van der Waals surface area contributed by atoms with Crippen molar-refractivity contribution in [2.75, 3.05) is 17.2 Å². The van der Waals surface area contributed by atoms with Gasteiger partial charge in [-0.25, -0.2) is 9.78 Å². The number of nitrogens with zero attached hydrogens (tertiary/aromatic N) is 2. The number of aromatic carboxylic acids is 1. The molecule has 3 rings (SSSR count). The average Bonchev–Trinajstić information content (AvgIpc) is 2.59. The van der Waals surface area contributed by atoms with Crippen LogP contribution in [0.2, 0.25) is 0 Å². The minimum absolute atomic E-state index is 0.134. The van der Waals surface area contributed by atoms with Crippen molar-refractivity contribution in [2.45, 2.75) is 0 Å². The van der Waals surface area contributed by atoms with Crippen molar-refractivity contribution in [2.24, 2.45) is 0 Å². The van der Waals surface area contributed by atoms with Crippen LogP contribution in [0, 0.1) is 0 Å². The van der Waals surface area contributed by atoms with Gasteiger partial charge in [0.25, 0.3) is 0 Å². The number of hydrogen-bond acceptors (Lipinski definition) is 6. The predicted octanol–water partition coefficient (Wildman–Crippen LogP) is 2.57. The smallest absolute Gasteiger partial charge is 0.335 e. The van der Waals surface area contributed by atoms with Crippen molar-refractivity contribution in [3.05, 3.63) is 54.1 Å². The van der Waals surface area contributed by atoms with Gasteiger partial charge in [-0.3, -0.25) is 4.79 Å². The van der Waals surface area contributed by atoms with Crippen LogP contribution < -0.4 is 10.6 Å². The molecule has 0 saturated heterocycles. The first-order valence-electron chi connectivity index (χ1n) is 7.36.